The minimum absolute atomic E-state index is 0.191. The molecule has 2 rings (SSSR count). The molecule has 0 radical (unpaired) electrons. The Labute approximate surface area is 102 Å². The molecule has 1 aromatic carbocycles. The number of carbonyl (C=O) groups excluding carboxylic acids is 1. The Morgan fingerprint density at radius 1 is 1.29 bits per heavy atom. The summed E-state index contributed by atoms with van der Waals surface area (Å²) in [5.41, 5.74) is 2.92. The molecule has 0 fully saturated rings. The van der Waals surface area contributed by atoms with E-state index in [1.807, 2.05) is 39.0 Å². The van der Waals surface area contributed by atoms with Crippen molar-refractivity contribution in [3.8, 4) is 5.75 Å². The van der Waals surface area contributed by atoms with E-state index in [2.05, 4.69) is 6.58 Å². The number of allylic oxidation sites excluding steroid dienone is 1. The van der Waals surface area contributed by atoms with E-state index in [1.165, 1.54) is 0 Å². The van der Waals surface area contributed by atoms with Gasteiger partial charge in [0.2, 0.25) is 0 Å². The van der Waals surface area contributed by atoms with Crippen LogP contribution in [0.15, 0.2) is 24.8 Å². The van der Waals surface area contributed by atoms with Crippen LogP contribution in [0.5, 0.6) is 5.75 Å². The number of hydrogen-bond acceptors (Lipinski definition) is 2. The lowest BCUT2D eigenvalue weighted by Gasteiger charge is -2.17. The summed E-state index contributed by atoms with van der Waals surface area (Å²) in [7, 11) is 0. The molecule has 2 nitrogen and oxygen atoms in total. The number of fused-ring (bicyclic) bond motifs is 1. The Kier molecular flexibility index (Phi) is 2.82. The van der Waals surface area contributed by atoms with E-state index < -0.39 is 5.41 Å². The molecule has 1 aliphatic carbocycles. The molecule has 0 N–H and O–H groups in total. The standard InChI is InChI=1S/C15H18O2/c1-10-8-9-12-11(10)6-5-7-13(12)17-14(16)15(2,3)4/h5-7H,1,8-9H2,2-4H3. The summed E-state index contributed by atoms with van der Waals surface area (Å²) >= 11 is 0. The molecule has 0 heterocycles. The van der Waals surface area contributed by atoms with Crippen LogP contribution in [-0.4, -0.2) is 5.97 Å². The van der Waals surface area contributed by atoms with Gasteiger partial charge in [-0.15, -0.1) is 0 Å². The highest BCUT2D eigenvalue weighted by molar-refractivity contribution is 5.80. The van der Waals surface area contributed by atoms with Crippen molar-refractivity contribution in [2.24, 2.45) is 5.41 Å². The Morgan fingerprint density at radius 2 is 2.00 bits per heavy atom. The van der Waals surface area contributed by atoms with Gasteiger partial charge in [0.25, 0.3) is 0 Å². The van der Waals surface area contributed by atoms with Gasteiger partial charge in [-0.3, -0.25) is 4.79 Å². The highest BCUT2D eigenvalue weighted by Gasteiger charge is 2.26. The second kappa shape index (κ2) is 4.02. The van der Waals surface area contributed by atoms with Gasteiger partial charge in [-0.25, -0.2) is 0 Å². The molecule has 2 heteroatoms. The average Bonchev–Trinajstić information content (AvgIpc) is 2.60. The maximum Gasteiger partial charge on any atom is 0.316 e. The fourth-order valence-corrected chi connectivity index (χ4v) is 1.91. The van der Waals surface area contributed by atoms with Crippen LogP contribution in [0, 0.1) is 5.41 Å². The van der Waals surface area contributed by atoms with E-state index >= 15 is 0 Å². The van der Waals surface area contributed by atoms with Gasteiger partial charge in [0.1, 0.15) is 5.75 Å². The van der Waals surface area contributed by atoms with E-state index in [-0.39, 0.29) is 5.97 Å². The zero-order valence-electron chi connectivity index (χ0n) is 10.7. The molecule has 90 valence electrons. The molecule has 0 atom stereocenters. The second-order valence-electron chi connectivity index (χ2n) is 5.53. The zero-order chi connectivity index (χ0) is 12.6. The lowest BCUT2D eigenvalue weighted by molar-refractivity contribution is -0.143. The number of ether oxygens (including phenoxy) is 1. The third-order valence-corrected chi connectivity index (χ3v) is 3.01. The van der Waals surface area contributed by atoms with Gasteiger partial charge in [-0.05, 0) is 50.8 Å². The summed E-state index contributed by atoms with van der Waals surface area (Å²) in [5, 5.41) is 0. The molecule has 0 aromatic heterocycles. The van der Waals surface area contributed by atoms with E-state index in [0.29, 0.717) is 5.75 Å². The Bertz CT molecular complexity index is 478. The molecule has 0 unspecified atom stereocenters. The highest BCUT2D eigenvalue weighted by Crippen LogP contribution is 2.37. The van der Waals surface area contributed by atoms with Gasteiger partial charge in [0.05, 0.1) is 5.41 Å². The third kappa shape index (κ3) is 2.26. The zero-order valence-corrected chi connectivity index (χ0v) is 10.7. The summed E-state index contributed by atoms with van der Waals surface area (Å²) in [6.07, 6.45) is 1.88. The van der Waals surface area contributed by atoms with Gasteiger partial charge in [-0.1, -0.05) is 18.7 Å². The number of carbonyl (C=O) groups is 1. The number of esters is 1. The van der Waals surface area contributed by atoms with Crippen LogP contribution >= 0.6 is 0 Å². The van der Waals surface area contributed by atoms with Crippen molar-refractivity contribution in [3.05, 3.63) is 35.9 Å². The first-order valence-corrected chi connectivity index (χ1v) is 5.92. The van der Waals surface area contributed by atoms with Crippen LogP contribution in [0.3, 0.4) is 0 Å². The molecule has 0 spiro atoms. The van der Waals surface area contributed by atoms with Crippen LogP contribution in [0.2, 0.25) is 0 Å². The van der Waals surface area contributed by atoms with Crippen molar-refractivity contribution in [1.82, 2.24) is 0 Å². The van der Waals surface area contributed by atoms with Crippen LogP contribution in [0.25, 0.3) is 5.57 Å². The van der Waals surface area contributed by atoms with E-state index in [4.69, 9.17) is 4.74 Å². The van der Waals surface area contributed by atoms with Crippen LogP contribution in [0.4, 0.5) is 0 Å². The topological polar surface area (TPSA) is 26.3 Å². The summed E-state index contributed by atoms with van der Waals surface area (Å²) < 4.78 is 5.49. The van der Waals surface area contributed by atoms with Crippen LogP contribution in [-0.2, 0) is 11.2 Å². The predicted molar refractivity (Wildman–Crippen MR) is 68.9 cm³/mol. The smallest absolute Gasteiger partial charge is 0.316 e. The first-order chi connectivity index (χ1) is 7.89. The normalized spacial score (nSPS) is 14.6. The number of rotatable bonds is 1. The molecule has 0 saturated carbocycles. The lowest BCUT2D eigenvalue weighted by atomic mass is 9.97. The van der Waals surface area contributed by atoms with E-state index in [0.717, 1.165) is 29.5 Å². The maximum atomic E-state index is 11.9. The molecule has 0 bridgehead atoms. The molecular formula is C15H18O2. The van der Waals surface area contributed by atoms with Gasteiger partial charge in [-0.2, -0.15) is 0 Å². The highest BCUT2D eigenvalue weighted by atomic mass is 16.5. The summed E-state index contributed by atoms with van der Waals surface area (Å²) in [4.78, 5) is 11.9. The Hall–Kier alpha value is -1.57. The fraction of sp³-hybridized carbons (Fsp3) is 0.400. The largest absolute Gasteiger partial charge is 0.426 e. The fourth-order valence-electron chi connectivity index (χ4n) is 1.91. The maximum absolute atomic E-state index is 11.9. The van der Waals surface area contributed by atoms with Crippen LogP contribution in [0.1, 0.15) is 38.3 Å². The van der Waals surface area contributed by atoms with Crippen LogP contribution < -0.4 is 4.74 Å². The minimum atomic E-state index is -0.474. The molecule has 0 aliphatic heterocycles. The van der Waals surface area contributed by atoms with Crippen molar-refractivity contribution in [3.63, 3.8) is 0 Å². The lowest BCUT2D eigenvalue weighted by Crippen LogP contribution is -2.25. The number of hydrogen-bond donors (Lipinski definition) is 0. The van der Waals surface area contributed by atoms with Gasteiger partial charge in [0, 0.05) is 5.56 Å². The predicted octanol–water partition coefficient (Wildman–Crippen LogP) is 3.60. The van der Waals surface area contributed by atoms with E-state index in [1.54, 1.807) is 0 Å². The molecular weight excluding hydrogens is 212 g/mol. The summed E-state index contributed by atoms with van der Waals surface area (Å²) in [6.45, 7) is 9.60. The molecule has 0 amide bonds. The molecule has 0 saturated heterocycles. The monoisotopic (exact) mass is 230 g/mol. The first-order valence-electron chi connectivity index (χ1n) is 5.92. The molecule has 1 aliphatic rings. The second-order valence-corrected chi connectivity index (χ2v) is 5.53. The Morgan fingerprint density at radius 3 is 2.65 bits per heavy atom. The quantitative estimate of drug-likeness (QED) is 0.544. The molecule has 1 aromatic rings. The average molecular weight is 230 g/mol. The van der Waals surface area contributed by atoms with Crippen molar-refractivity contribution in [1.29, 1.82) is 0 Å². The third-order valence-electron chi connectivity index (χ3n) is 3.01. The number of benzene rings is 1. The minimum Gasteiger partial charge on any atom is -0.426 e. The van der Waals surface area contributed by atoms with Gasteiger partial charge in [0.15, 0.2) is 0 Å². The van der Waals surface area contributed by atoms with Gasteiger partial charge < -0.3 is 4.74 Å². The van der Waals surface area contributed by atoms with Crippen molar-refractivity contribution in [2.45, 2.75) is 33.6 Å². The Balaban J connectivity index is 2.30. The van der Waals surface area contributed by atoms with Crippen molar-refractivity contribution >= 4 is 11.5 Å². The van der Waals surface area contributed by atoms with Crippen molar-refractivity contribution < 1.29 is 9.53 Å². The SMILES string of the molecule is C=C1CCc2c(OC(=O)C(C)(C)C)cccc21. The first kappa shape index (κ1) is 11.9. The summed E-state index contributed by atoms with van der Waals surface area (Å²) in [6, 6.07) is 5.82. The summed E-state index contributed by atoms with van der Waals surface area (Å²) in [5.74, 6) is 0.504. The van der Waals surface area contributed by atoms with Gasteiger partial charge >= 0.3 is 5.97 Å². The van der Waals surface area contributed by atoms with Crippen molar-refractivity contribution in [2.75, 3.05) is 0 Å². The molecule has 17 heavy (non-hydrogen) atoms. The van der Waals surface area contributed by atoms with E-state index in [9.17, 15) is 4.79 Å².